The van der Waals surface area contributed by atoms with Crippen molar-refractivity contribution in [1.29, 1.82) is 0 Å². The summed E-state index contributed by atoms with van der Waals surface area (Å²) >= 11 is 1.97. The number of rotatable bonds is 3. The van der Waals surface area contributed by atoms with E-state index in [-0.39, 0.29) is 5.56 Å². The van der Waals surface area contributed by atoms with Crippen LogP contribution in [0.5, 0.6) is 0 Å². The lowest BCUT2D eigenvalue weighted by molar-refractivity contribution is 0.180. The molecule has 0 aliphatic carbocycles. The van der Waals surface area contributed by atoms with Gasteiger partial charge >= 0.3 is 0 Å². The molecule has 100 valence electrons. The van der Waals surface area contributed by atoms with Crippen LogP contribution in [0.3, 0.4) is 0 Å². The number of halogens is 1. The maximum atomic E-state index is 11.9. The summed E-state index contributed by atoms with van der Waals surface area (Å²) in [6.45, 7) is 4.23. The molecule has 0 unspecified atom stereocenters. The SMILES string of the molecule is COCc1nc(-c2ncc(C)cc2C)[nH]c(=O)c1I. The van der Waals surface area contributed by atoms with Crippen molar-refractivity contribution in [2.75, 3.05) is 7.11 Å². The van der Waals surface area contributed by atoms with Crippen molar-refractivity contribution < 1.29 is 4.74 Å². The number of hydrogen-bond donors (Lipinski definition) is 1. The van der Waals surface area contributed by atoms with E-state index in [0.717, 1.165) is 11.1 Å². The van der Waals surface area contributed by atoms with Crippen molar-refractivity contribution in [3.63, 3.8) is 0 Å². The maximum absolute atomic E-state index is 11.9. The summed E-state index contributed by atoms with van der Waals surface area (Å²) in [6, 6.07) is 2.01. The predicted molar refractivity (Wildman–Crippen MR) is 81.0 cm³/mol. The summed E-state index contributed by atoms with van der Waals surface area (Å²) in [6.07, 6.45) is 1.76. The smallest absolute Gasteiger partial charge is 0.265 e. The minimum absolute atomic E-state index is 0.167. The Morgan fingerprint density at radius 2 is 2.16 bits per heavy atom. The average molecular weight is 371 g/mol. The van der Waals surface area contributed by atoms with Crippen molar-refractivity contribution in [3.05, 3.63) is 43.0 Å². The molecular weight excluding hydrogens is 357 g/mol. The summed E-state index contributed by atoms with van der Waals surface area (Å²) in [7, 11) is 1.58. The Kier molecular flexibility index (Phi) is 4.31. The third kappa shape index (κ3) is 3.01. The fourth-order valence-corrected chi connectivity index (χ4v) is 2.22. The van der Waals surface area contributed by atoms with Gasteiger partial charge < -0.3 is 9.72 Å². The van der Waals surface area contributed by atoms with Crippen molar-refractivity contribution in [1.82, 2.24) is 15.0 Å². The van der Waals surface area contributed by atoms with Crippen LogP contribution in [0.4, 0.5) is 0 Å². The molecule has 0 aromatic carbocycles. The number of aryl methyl sites for hydroxylation is 2. The molecule has 0 fully saturated rings. The number of ether oxygens (including phenoxy) is 1. The van der Waals surface area contributed by atoms with Crippen molar-refractivity contribution >= 4 is 22.6 Å². The molecule has 0 aliphatic rings. The number of methoxy groups -OCH3 is 1. The van der Waals surface area contributed by atoms with E-state index in [4.69, 9.17) is 4.74 Å². The minimum Gasteiger partial charge on any atom is -0.378 e. The van der Waals surface area contributed by atoms with Crippen LogP contribution in [0.2, 0.25) is 0 Å². The second-order valence-corrected chi connectivity index (χ2v) is 5.37. The molecule has 5 nitrogen and oxygen atoms in total. The summed E-state index contributed by atoms with van der Waals surface area (Å²) in [5, 5.41) is 0. The van der Waals surface area contributed by atoms with Crippen LogP contribution >= 0.6 is 22.6 Å². The number of nitrogens with zero attached hydrogens (tertiary/aromatic N) is 2. The average Bonchev–Trinajstić information content (AvgIpc) is 2.35. The predicted octanol–water partition coefficient (Wildman–Crippen LogP) is 2.20. The zero-order valence-electron chi connectivity index (χ0n) is 11.0. The van der Waals surface area contributed by atoms with Crippen LogP contribution in [0.25, 0.3) is 11.5 Å². The molecule has 2 rings (SSSR count). The largest absolute Gasteiger partial charge is 0.378 e. The molecule has 6 heteroatoms. The quantitative estimate of drug-likeness (QED) is 0.841. The first-order valence-electron chi connectivity index (χ1n) is 5.74. The van der Waals surface area contributed by atoms with Gasteiger partial charge in [-0.15, -0.1) is 0 Å². The van der Waals surface area contributed by atoms with Crippen LogP contribution in [0, 0.1) is 17.4 Å². The number of H-pyrrole nitrogens is 1. The maximum Gasteiger partial charge on any atom is 0.265 e. The molecule has 0 amide bonds. The molecule has 0 saturated heterocycles. The van der Waals surface area contributed by atoms with Gasteiger partial charge in [-0.05, 0) is 47.6 Å². The molecule has 0 saturated carbocycles. The first kappa shape index (κ1) is 14.1. The van der Waals surface area contributed by atoms with E-state index in [2.05, 4.69) is 15.0 Å². The molecule has 1 N–H and O–H groups in total. The number of aromatic amines is 1. The summed E-state index contributed by atoms with van der Waals surface area (Å²) in [5.74, 6) is 0.481. The number of nitrogens with one attached hydrogen (secondary N) is 1. The third-order valence-corrected chi connectivity index (χ3v) is 3.76. The highest BCUT2D eigenvalue weighted by Gasteiger charge is 2.12. The lowest BCUT2D eigenvalue weighted by Gasteiger charge is -2.08. The Morgan fingerprint density at radius 3 is 2.79 bits per heavy atom. The van der Waals surface area contributed by atoms with Crippen LogP contribution < -0.4 is 5.56 Å². The van der Waals surface area contributed by atoms with E-state index in [1.807, 2.05) is 42.5 Å². The Labute approximate surface area is 124 Å². The first-order chi connectivity index (χ1) is 9.02. The summed E-state index contributed by atoms with van der Waals surface area (Å²) < 4.78 is 5.61. The molecular formula is C13H14IN3O2. The van der Waals surface area contributed by atoms with Crippen LogP contribution in [-0.4, -0.2) is 22.1 Å². The Hall–Kier alpha value is -1.28. The second-order valence-electron chi connectivity index (χ2n) is 4.29. The highest BCUT2D eigenvalue weighted by atomic mass is 127. The molecule has 19 heavy (non-hydrogen) atoms. The van der Waals surface area contributed by atoms with E-state index >= 15 is 0 Å². The molecule has 0 aliphatic heterocycles. The van der Waals surface area contributed by atoms with Gasteiger partial charge in [0.05, 0.1) is 12.3 Å². The van der Waals surface area contributed by atoms with Crippen LogP contribution in [-0.2, 0) is 11.3 Å². The van der Waals surface area contributed by atoms with Gasteiger partial charge in [-0.1, -0.05) is 6.07 Å². The first-order valence-corrected chi connectivity index (χ1v) is 6.82. The zero-order valence-corrected chi connectivity index (χ0v) is 13.1. The van der Waals surface area contributed by atoms with E-state index in [0.29, 0.717) is 27.4 Å². The fraction of sp³-hybridized carbons (Fsp3) is 0.308. The lowest BCUT2D eigenvalue weighted by atomic mass is 10.1. The summed E-state index contributed by atoms with van der Waals surface area (Å²) in [4.78, 5) is 23.4. The topological polar surface area (TPSA) is 67.9 Å². The zero-order chi connectivity index (χ0) is 14.0. The van der Waals surface area contributed by atoms with E-state index < -0.39 is 0 Å². The molecule has 2 heterocycles. The van der Waals surface area contributed by atoms with Gasteiger partial charge in [0, 0.05) is 13.3 Å². The monoisotopic (exact) mass is 371 g/mol. The molecule has 0 atom stereocenters. The summed E-state index contributed by atoms with van der Waals surface area (Å²) in [5.41, 5.74) is 3.21. The number of aromatic nitrogens is 3. The van der Waals surface area contributed by atoms with Crippen LogP contribution in [0.1, 0.15) is 16.8 Å². The van der Waals surface area contributed by atoms with Gasteiger partial charge in [0.25, 0.3) is 5.56 Å². The third-order valence-electron chi connectivity index (χ3n) is 2.65. The minimum atomic E-state index is -0.167. The van der Waals surface area contributed by atoms with Crippen molar-refractivity contribution in [2.45, 2.75) is 20.5 Å². The molecule has 2 aromatic heterocycles. The van der Waals surface area contributed by atoms with Crippen LogP contribution in [0.15, 0.2) is 17.1 Å². The van der Waals surface area contributed by atoms with Gasteiger partial charge in [0.15, 0.2) is 5.82 Å². The highest BCUT2D eigenvalue weighted by Crippen LogP contribution is 2.18. The highest BCUT2D eigenvalue weighted by molar-refractivity contribution is 14.1. The fourth-order valence-electron chi connectivity index (χ4n) is 1.81. The van der Waals surface area contributed by atoms with Crippen molar-refractivity contribution in [3.8, 4) is 11.5 Å². The van der Waals surface area contributed by atoms with Crippen molar-refractivity contribution in [2.24, 2.45) is 0 Å². The lowest BCUT2D eigenvalue weighted by Crippen LogP contribution is -2.17. The van der Waals surface area contributed by atoms with E-state index in [1.54, 1.807) is 13.3 Å². The Morgan fingerprint density at radius 1 is 1.42 bits per heavy atom. The van der Waals surface area contributed by atoms with E-state index in [9.17, 15) is 4.79 Å². The van der Waals surface area contributed by atoms with Gasteiger partial charge in [-0.3, -0.25) is 9.78 Å². The Bertz CT molecular complexity index is 667. The Balaban J connectivity index is 2.59. The standard InChI is InChI=1S/C13H14IN3O2/c1-7-4-8(2)11(15-5-7)12-16-9(6-19-3)10(14)13(18)17-12/h4-5H,6H2,1-3H3,(H,16,17,18). The van der Waals surface area contributed by atoms with Gasteiger partial charge in [0.1, 0.15) is 9.26 Å². The molecule has 2 aromatic rings. The normalized spacial score (nSPS) is 10.7. The molecule has 0 spiro atoms. The molecule has 0 bridgehead atoms. The number of pyridine rings is 1. The second kappa shape index (κ2) is 5.79. The van der Waals surface area contributed by atoms with Gasteiger partial charge in [-0.2, -0.15) is 0 Å². The van der Waals surface area contributed by atoms with E-state index in [1.165, 1.54) is 0 Å². The van der Waals surface area contributed by atoms with Gasteiger partial charge in [0.2, 0.25) is 0 Å². The van der Waals surface area contributed by atoms with Gasteiger partial charge in [-0.25, -0.2) is 4.98 Å². The molecule has 0 radical (unpaired) electrons. The number of hydrogen-bond acceptors (Lipinski definition) is 4.